The Morgan fingerprint density at radius 2 is 1.74 bits per heavy atom. The van der Waals surface area contributed by atoms with Crippen molar-refractivity contribution >= 4 is 40.0 Å². The van der Waals surface area contributed by atoms with Gasteiger partial charge < -0.3 is 4.31 Å². The molecule has 0 radical (unpaired) electrons. The van der Waals surface area contributed by atoms with E-state index in [1.165, 1.54) is 22.6 Å². The SMILES string of the molecule is Cc1sc(NC(=O)c2ccc(SN3CCc4ccccc43)cc2)nc1-c1ccccc1. The molecule has 6 heteroatoms. The Labute approximate surface area is 190 Å². The molecule has 1 aromatic heterocycles. The number of aromatic nitrogens is 1. The quantitative estimate of drug-likeness (QED) is 0.361. The van der Waals surface area contributed by atoms with E-state index in [4.69, 9.17) is 0 Å². The van der Waals surface area contributed by atoms with Gasteiger partial charge in [0.15, 0.2) is 5.13 Å². The van der Waals surface area contributed by atoms with Crippen LogP contribution >= 0.6 is 23.3 Å². The predicted octanol–water partition coefficient (Wildman–Crippen LogP) is 6.44. The molecule has 3 aromatic carbocycles. The maximum atomic E-state index is 12.7. The molecule has 1 amide bonds. The van der Waals surface area contributed by atoms with Crippen LogP contribution < -0.4 is 9.62 Å². The van der Waals surface area contributed by atoms with Crippen molar-refractivity contribution in [1.82, 2.24) is 4.98 Å². The first kappa shape index (κ1) is 19.8. The van der Waals surface area contributed by atoms with Gasteiger partial charge in [-0.1, -0.05) is 48.5 Å². The van der Waals surface area contributed by atoms with E-state index in [1.807, 2.05) is 61.5 Å². The molecule has 4 nitrogen and oxygen atoms in total. The van der Waals surface area contributed by atoms with Crippen molar-refractivity contribution in [1.29, 1.82) is 0 Å². The van der Waals surface area contributed by atoms with Crippen LogP contribution in [0.3, 0.4) is 0 Å². The normalized spacial score (nSPS) is 12.6. The molecule has 1 aliphatic rings. The van der Waals surface area contributed by atoms with Crippen molar-refractivity contribution in [2.45, 2.75) is 18.2 Å². The van der Waals surface area contributed by atoms with E-state index in [-0.39, 0.29) is 5.91 Å². The van der Waals surface area contributed by atoms with Gasteiger partial charge in [0.25, 0.3) is 5.91 Å². The Bertz CT molecular complexity index is 1220. The predicted molar refractivity (Wildman–Crippen MR) is 130 cm³/mol. The van der Waals surface area contributed by atoms with Crippen molar-refractivity contribution in [2.24, 2.45) is 0 Å². The first-order valence-electron chi connectivity index (χ1n) is 10.1. The molecule has 0 aliphatic carbocycles. The molecule has 0 fully saturated rings. The van der Waals surface area contributed by atoms with Crippen molar-refractivity contribution in [3.8, 4) is 11.3 Å². The Morgan fingerprint density at radius 1 is 1.00 bits per heavy atom. The number of hydrogen-bond acceptors (Lipinski definition) is 5. The average molecular weight is 444 g/mol. The summed E-state index contributed by atoms with van der Waals surface area (Å²) in [5.74, 6) is -0.142. The van der Waals surface area contributed by atoms with Gasteiger partial charge in [-0.25, -0.2) is 4.98 Å². The van der Waals surface area contributed by atoms with Crippen LogP contribution in [-0.2, 0) is 6.42 Å². The molecule has 0 saturated carbocycles. The molecule has 31 heavy (non-hydrogen) atoms. The fraction of sp³-hybridized carbons (Fsp3) is 0.120. The van der Waals surface area contributed by atoms with Gasteiger partial charge in [-0.3, -0.25) is 10.1 Å². The highest BCUT2D eigenvalue weighted by Gasteiger charge is 2.19. The molecule has 154 valence electrons. The fourth-order valence-corrected chi connectivity index (χ4v) is 5.48. The largest absolute Gasteiger partial charge is 0.312 e. The number of fused-ring (bicyclic) bond motifs is 1. The van der Waals surface area contributed by atoms with Crippen molar-refractivity contribution < 1.29 is 4.79 Å². The van der Waals surface area contributed by atoms with Gasteiger partial charge in [-0.05, 0) is 61.2 Å². The van der Waals surface area contributed by atoms with E-state index in [1.54, 1.807) is 11.9 Å². The third-order valence-corrected chi connectivity index (χ3v) is 7.21. The minimum Gasteiger partial charge on any atom is -0.312 e. The van der Waals surface area contributed by atoms with E-state index < -0.39 is 0 Å². The lowest BCUT2D eigenvalue weighted by molar-refractivity contribution is 0.102. The van der Waals surface area contributed by atoms with Crippen LogP contribution in [0.4, 0.5) is 10.8 Å². The summed E-state index contributed by atoms with van der Waals surface area (Å²) in [6, 6.07) is 26.3. The molecule has 0 bridgehead atoms. The lowest BCUT2D eigenvalue weighted by Gasteiger charge is -2.17. The standard InChI is InChI=1S/C25H21N3OS2/c1-17-23(19-8-3-2-4-9-19)26-25(30-17)27-24(29)20-11-13-21(14-12-20)31-28-16-15-18-7-5-6-10-22(18)28/h2-14H,15-16H2,1H3,(H,26,27,29). The van der Waals surface area contributed by atoms with Crippen molar-refractivity contribution in [3.05, 3.63) is 94.9 Å². The van der Waals surface area contributed by atoms with Crippen LogP contribution in [0, 0.1) is 6.92 Å². The Balaban J connectivity index is 1.26. The van der Waals surface area contributed by atoms with E-state index in [2.05, 4.69) is 38.9 Å². The third-order valence-electron chi connectivity index (χ3n) is 5.24. The summed E-state index contributed by atoms with van der Waals surface area (Å²) in [5.41, 5.74) is 5.27. The number of carbonyl (C=O) groups is 1. The summed E-state index contributed by atoms with van der Waals surface area (Å²) in [6.07, 6.45) is 1.07. The molecule has 1 aliphatic heterocycles. The highest BCUT2D eigenvalue weighted by atomic mass is 32.2. The summed E-state index contributed by atoms with van der Waals surface area (Å²) in [4.78, 5) is 19.6. The number of nitrogens with one attached hydrogen (secondary N) is 1. The highest BCUT2D eigenvalue weighted by Crippen LogP contribution is 2.36. The molecular formula is C25H21N3OS2. The van der Waals surface area contributed by atoms with E-state index in [9.17, 15) is 4.79 Å². The third kappa shape index (κ3) is 4.22. The van der Waals surface area contributed by atoms with Crippen LogP contribution in [0.1, 0.15) is 20.8 Å². The highest BCUT2D eigenvalue weighted by molar-refractivity contribution is 8.00. The summed E-state index contributed by atoms with van der Waals surface area (Å²) < 4.78 is 2.31. The van der Waals surface area contributed by atoms with Crippen LogP contribution in [0.5, 0.6) is 0 Å². The lowest BCUT2D eigenvalue weighted by Crippen LogP contribution is -2.12. The van der Waals surface area contributed by atoms with Gasteiger partial charge in [-0.2, -0.15) is 0 Å². The van der Waals surface area contributed by atoms with Crippen LogP contribution in [0.25, 0.3) is 11.3 Å². The Hall–Kier alpha value is -3.09. The van der Waals surface area contributed by atoms with Crippen molar-refractivity contribution in [3.63, 3.8) is 0 Å². The molecule has 0 atom stereocenters. The second kappa shape index (κ2) is 8.57. The van der Waals surface area contributed by atoms with Gasteiger partial charge >= 0.3 is 0 Å². The number of benzene rings is 3. The zero-order valence-corrected chi connectivity index (χ0v) is 18.7. The second-order valence-electron chi connectivity index (χ2n) is 7.34. The molecule has 5 rings (SSSR count). The summed E-state index contributed by atoms with van der Waals surface area (Å²) in [7, 11) is 0. The van der Waals surface area contributed by atoms with E-state index in [0.29, 0.717) is 10.7 Å². The van der Waals surface area contributed by atoms with Gasteiger partial charge in [0.05, 0.1) is 11.4 Å². The maximum Gasteiger partial charge on any atom is 0.257 e. The number of aryl methyl sites for hydroxylation is 1. The average Bonchev–Trinajstić information content (AvgIpc) is 3.38. The number of carbonyl (C=O) groups excluding carboxylic acids is 1. The van der Waals surface area contributed by atoms with Gasteiger partial charge in [0, 0.05) is 27.4 Å². The molecule has 0 spiro atoms. The van der Waals surface area contributed by atoms with Gasteiger partial charge in [0.2, 0.25) is 0 Å². The number of amides is 1. The molecule has 0 saturated heterocycles. The van der Waals surface area contributed by atoms with E-state index >= 15 is 0 Å². The summed E-state index contributed by atoms with van der Waals surface area (Å²) in [6.45, 7) is 3.03. The number of nitrogens with zero attached hydrogens (tertiary/aromatic N) is 2. The lowest BCUT2D eigenvalue weighted by atomic mass is 10.1. The minimum atomic E-state index is -0.142. The fourth-order valence-electron chi connectivity index (χ4n) is 3.68. The van der Waals surface area contributed by atoms with Crippen LogP contribution in [-0.4, -0.2) is 17.4 Å². The van der Waals surface area contributed by atoms with Crippen LogP contribution in [0.2, 0.25) is 0 Å². The van der Waals surface area contributed by atoms with Crippen molar-refractivity contribution in [2.75, 3.05) is 16.2 Å². The summed E-state index contributed by atoms with van der Waals surface area (Å²) in [5, 5.41) is 3.57. The topological polar surface area (TPSA) is 45.2 Å². The first-order chi connectivity index (χ1) is 15.2. The minimum absolute atomic E-state index is 0.142. The number of anilines is 2. The van der Waals surface area contributed by atoms with E-state index in [0.717, 1.165) is 34.0 Å². The maximum absolute atomic E-state index is 12.7. The second-order valence-corrected chi connectivity index (χ2v) is 9.64. The molecule has 1 N–H and O–H groups in total. The monoisotopic (exact) mass is 443 g/mol. The molecular weight excluding hydrogens is 422 g/mol. The zero-order valence-electron chi connectivity index (χ0n) is 17.0. The van der Waals surface area contributed by atoms with Crippen LogP contribution in [0.15, 0.2) is 83.8 Å². The number of thiazole rings is 1. The number of rotatable bonds is 5. The molecule has 0 unspecified atom stereocenters. The Morgan fingerprint density at radius 3 is 2.55 bits per heavy atom. The molecule has 4 aromatic rings. The number of para-hydroxylation sites is 1. The van der Waals surface area contributed by atoms with Gasteiger partial charge in [0.1, 0.15) is 0 Å². The number of hydrogen-bond donors (Lipinski definition) is 1. The zero-order chi connectivity index (χ0) is 21.2. The molecule has 2 heterocycles. The summed E-state index contributed by atoms with van der Waals surface area (Å²) >= 11 is 3.21. The first-order valence-corrected chi connectivity index (χ1v) is 11.7. The Kier molecular flexibility index (Phi) is 5.49. The van der Waals surface area contributed by atoms with Gasteiger partial charge in [-0.15, -0.1) is 11.3 Å². The smallest absolute Gasteiger partial charge is 0.257 e.